The highest BCUT2D eigenvalue weighted by Gasteiger charge is 2.18. The lowest BCUT2D eigenvalue weighted by Gasteiger charge is -2.15. The second-order valence-corrected chi connectivity index (χ2v) is 8.79. The van der Waals surface area contributed by atoms with Gasteiger partial charge in [-0.25, -0.2) is 4.98 Å². The van der Waals surface area contributed by atoms with Gasteiger partial charge in [0, 0.05) is 5.02 Å². The van der Waals surface area contributed by atoms with Crippen LogP contribution < -0.4 is 10.3 Å². The van der Waals surface area contributed by atoms with Crippen LogP contribution in [0.5, 0.6) is 5.75 Å². The predicted octanol–water partition coefficient (Wildman–Crippen LogP) is 5.31. The van der Waals surface area contributed by atoms with Gasteiger partial charge < -0.3 is 9.15 Å². The van der Waals surface area contributed by atoms with Crippen molar-refractivity contribution >= 4 is 34.3 Å². The SMILES string of the molecule is COc1ccccc1-n1c(SCc2nnc(Cc3ccccc3)o2)nc2cc(Cl)ccc2c1=O. The number of fused-ring (bicyclic) bond motifs is 1. The standard InChI is InChI=1S/C25H19ClN4O3S/c1-32-21-10-6-5-9-20(21)30-24(31)18-12-11-17(26)14-19(18)27-25(30)34-15-23-29-28-22(33-23)13-16-7-3-2-4-8-16/h2-12,14H,13,15H2,1H3. The van der Waals surface area contributed by atoms with Gasteiger partial charge >= 0.3 is 0 Å². The van der Waals surface area contributed by atoms with Crippen LogP contribution in [-0.4, -0.2) is 26.9 Å². The van der Waals surface area contributed by atoms with Crippen LogP contribution in [0.3, 0.4) is 0 Å². The topological polar surface area (TPSA) is 83.0 Å². The van der Waals surface area contributed by atoms with Gasteiger partial charge in [-0.15, -0.1) is 10.2 Å². The minimum atomic E-state index is -0.219. The fraction of sp³-hybridized carbons (Fsp3) is 0.120. The smallest absolute Gasteiger partial charge is 0.266 e. The molecule has 0 bridgehead atoms. The molecule has 0 atom stereocenters. The minimum absolute atomic E-state index is 0.219. The maximum absolute atomic E-state index is 13.5. The van der Waals surface area contributed by atoms with E-state index in [9.17, 15) is 4.79 Å². The van der Waals surface area contributed by atoms with E-state index in [1.54, 1.807) is 35.9 Å². The number of thioether (sulfide) groups is 1. The molecule has 2 heterocycles. The molecule has 0 radical (unpaired) electrons. The van der Waals surface area contributed by atoms with Crippen molar-refractivity contribution in [3.05, 3.63) is 106 Å². The summed E-state index contributed by atoms with van der Waals surface area (Å²) >= 11 is 7.49. The Morgan fingerprint density at radius 1 is 1.00 bits per heavy atom. The highest BCUT2D eigenvalue weighted by molar-refractivity contribution is 7.98. The monoisotopic (exact) mass is 490 g/mol. The van der Waals surface area contributed by atoms with Gasteiger partial charge in [0.2, 0.25) is 11.8 Å². The average molecular weight is 491 g/mol. The van der Waals surface area contributed by atoms with Crippen LogP contribution in [0.15, 0.2) is 87.2 Å². The molecule has 0 saturated carbocycles. The summed E-state index contributed by atoms with van der Waals surface area (Å²) in [6.07, 6.45) is 0.553. The zero-order chi connectivity index (χ0) is 23.5. The molecule has 0 N–H and O–H groups in total. The van der Waals surface area contributed by atoms with Gasteiger partial charge in [-0.1, -0.05) is 65.8 Å². The zero-order valence-electron chi connectivity index (χ0n) is 18.1. The van der Waals surface area contributed by atoms with Gasteiger partial charge in [0.25, 0.3) is 5.56 Å². The van der Waals surface area contributed by atoms with Crippen LogP contribution in [-0.2, 0) is 12.2 Å². The maximum Gasteiger partial charge on any atom is 0.266 e. The van der Waals surface area contributed by atoms with Crippen LogP contribution in [0.2, 0.25) is 5.02 Å². The van der Waals surface area contributed by atoms with Crippen molar-refractivity contribution in [2.45, 2.75) is 17.3 Å². The predicted molar refractivity (Wildman–Crippen MR) is 132 cm³/mol. The third-order valence-electron chi connectivity index (χ3n) is 5.16. The Hall–Kier alpha value is -3.62. The first-order valence-corrected chi connectivity index (χ1v) is 11.8. The van der Waals surface area contributed by atoms with E-state index in [1.807, 2.05) is 48.5 Å². The summed E-state index contributed by atoms with van der Waals surface area (Å²) in [4.78, 5) is 18.2. The van der Waals surface area contributed by atoms with Crippen LogP contribution in [0, 0.1) is 0 Å². The quantitative estimate of drug-likeness (QED) is 0.226. The number of nitrogens with zero attached hydrogens (tertiary/aromatic N) is 4. The van der Waals surface area contributed by atoms with E-state index in [-0.39, 0.29) is 5.56 Å². The van der Waals surface area contributed by atoms with Crippen molar-refractivity contribution < 1.29 is 9.15 Å². The lowest BCUT2D eigenvalue weighted by Crippen LogP contribution is -2.22. The normalized spacial score (nSPS) is 11.1. The number of aromatic nitrogens is 4. The van der Waals surface area contributed by atoms with Crippen molar-refractivity contribution in [2.24, 2.45) is 0 Å². The number of hydrogen-bond donors (Lipinski definition) is 0. The van der Waals surface area contributed by atoms with Gasteiger partial charge in [-0.3, -0.25) is 9.36 Å². The first-order chi connectivity index (χ1) is 16.6. The molecule has 3 aromatic carbocycles. The summed E-state index contributed by atoms with van der Waals surface area (Å²) in [5.74, 6) is 1.88. The molecule has 170 valence electrons. The van der Waals surface area contributed by atoms with Gasteiger partial charge in [0.15, 0.2) is 5.16 Å². The lowest BCUT2D eigenvalue weighted by atomic mass is 10.2. The Bertz CT molecular complexity index is 1520. The molecular formula is C25H19ClN4O3S. The largest absolute Gasteiger partial charge is 0.495 e. The third kappa shape index (κ3) is 4.55. The fourth-order valence-corrected chi connectivity index (χ4v) is 4.59. The fourth-order valence-electron chi connectivity index (χ4n) is 3.58. The summed E-state index contributed by atoms with van der Waals surface area (Å²) < 4.78 is 12.9. The van der Waals surface area contributed by atoms with E-state index in [2.05, 4.69) is 10.2 Å². The molecular weight excluding hydrogens is 472 g/mol. The molecule has 0 spiro atoms. The van der Waals surface area contributed by atoms with E-state index in [1.165, 1.54) is 11.8 Å². The van der Waals surface area contributed by atoms with Crippen LogP contribution >= 0.6 is 23.4 Å². The number of para-hydroxylation sites is 2. The first-order valence-electron chi connectivity index (χ1n) is 10.5. The van der Waals surface area contributed by atoms with E-state index >= 15 is 0 Å². The molecule has 5 aromatic rings. The zero-order valence-corrected chi connectivity index (χ0v) is 19.7. The Morgan fingerprint density at radius 2 is 1.76 bits per heavy atom. The summed E-state index contributed by atoms with van der Waals surface area (Å²) in [6, 6.07) is 22.3. The summed E-state index contributed by atoms with van der Waals surface area (Å²) in [5, 5.41) is 9.75. The number of hydrogen-bond acceptors (Lipinski definition) is 7. The molecule has 0 unspecified atom stereocenters. The van der Waals surface area contributed by atoms with Crippen molar-refractivity contribution in [2.75, 3.05) is 7.11 Å². The van der Waals surface area contributed by atoms with Crippen molar-refractivity contribution in [3.63, 3.8) is 0 Å². The Balaban J connectivity index is 1.51. The Labute approximate surface area is 204 Å². The van der Waals surface area contributed by atoms with Gasteiger partial charge in [-0.05, 0) is 35.9 Å². The van der Waals surface area contributed by atoms with Gasteiger partial charge in [0.05, 0.1) is 35.9 Å². The molecule has 0 saturated heterocycles. The van der Waals surface area contributed by atoms with Crippen molar-refractivity contribution in [3.8, 4) is 11.4 Å². The molecule has 0 amide bonds. The number of benzene rings is 3. The average Bonchev–Trinajstić information content (AvgIpc) is 3.30. The number of rotatable bonds is 7. The molecule has 9 heteroatoms. The molecule has 34 heavy (non-hydrogen) atoms. The number of ether oxygens (including phenoxy) is 1. The Kier molecular flexibility index (Phi) is 6.33. The number of halogens is 1. The van der Waals surface area contributed by atoms with E-state index in [0.29, 0.717) is 56.5 Å². The van der Waals surface area contributed by atoms with Crippen molar-refractivity contribution in [1.29, 1.82) is 0 Å². The van der Waals surface area contributed by atoms with E-state index in [4.69, 9.17) is 25.7 Å². The summed E-state index contributed by atoms with van der Waals surface area (Å²) in [6.45, 7) is 0. The molecule has 0 aliphatic carbocycles. The van der Waals surface area contributed by atoms with E-state index < -0.39 is 0 Å². The molecule has 0 aliphatic heterocycles. The summed E-state index contributed by atoms with van der Waals surface area (Å²) in [7, 11) is 1.57. The highest BCUT2D eigenvalue weighted by atomic mass is 35.5. The van der Waals surface area contributed by atoms with Gasteiger partial charge in [-0.2, -0.15) is 0 Å². The first kappa shape index (κ1) is 22.2. The van der Waals surface area contributed by atoms with Crippen LogP contribution in [0.25, 0.3) is 16.6 Å². The second-order valence-electron chi connectivity index (χ2n) is 7.41. The Morgan fingerprint density at radius 3 is 2.59 bits per heavy atom. The van der Waals surface area contributed by atoms with Crippen molar-refractivity contribution in [1.82, 2.24) is 19.7 Å². The maximum atomic E-state index is 13.5. The van der Waals surface area contributed by atoms with Crippen LogP contribution in [0.1, 0.15) is 17.3 Å². The summed E-state index contributed by atoms with van der Waals surface area (Å²) in [5.41, 5.74) is 1.98. The third-order valence-corrected chi connectivity index (χ3v) is 6.32. The van der Waals surface area contributed by atoms with Crippen LogP contribution in [0.4, 0.5) is 0 Å². The van der Waals surface area contributed by atoms with Gasteiger partial charge in [0.1, 0.15) is 5.75 Å². The molecule has 7 nitrogen and oxygen atoms in total. The van der Waals surface area contributed by atoms with E-state index in [0.717, 1.165) is 5.56 Å². The second kappa shape index (κ2) is 9.70. The molecule has 2 aromatic heterocycles. The molecule has 0 fully saturated rings. The molecule has 0 aliphatic rings. The lowest BCUT2D eigenvalue weighted by molar-refractivity contribution is 0.411. The highest BCUT2D eigenvalue weighted by Crippen LogP contribution is 2.29. The minimum Gasteiger partial charge on any atom is -0.495 e. The number of methoxy groups -OCH3 is 1. The molecule has 5 rings (SSSR count).